The first-order chi connectivity index (χ1) is 7.65. The van der Waals surface area contributed by atoms with Crippen molar-refractivity contribution in [3.05, 3.63) is 34.3 Å². The van der Waals surface area contributed by atoms with E-state index in [4.69, 9.17) is 0 Å². The SMILES string of the molecule is O=C(O)C1(c2cccc(Br)c2)CCSCC1. The largest absolute Gasteiger partial charge is 0.481 e. The minimum Gasteiger partial charge on any atom is -0.481 e. The van der Waals surface area contributed by atoms with Crippen LogP contribution in [0.1, 0.15) is 18.4 Å². The van der Waals surface area contributed by atoms with Gasteiger partial charge in [0.15, 0.2) is 0 Å². The van der Waals surface area contributed by atoms with E-state index in [0.29, 0.717) is 0 Å². The highest BCUT2D eigenvalue weighted by atomic mass is 79.9. The highest BCUT2D eigenvalue weighted by molar-refractivity contribution is 9.10. The van der Waals surface area contributed by atoms with Gasteiger partial charge in [0.05, 0.1) is 5.41 Å². The van der Waals surface area contributed by atoms with Gasteiger partial charge in [0.2, 0.25) is 0 Å². The fourth-order valence-corrected chi connectivity index (χ4v) is 3.72. The van der Waals surface area contributed by atoms with Crippen LogP contribution >= 0.6 is 27.7 Å². The maximum atomic E-state index is 11.6. The lowest BCUT2D eigenvalue weighted by molar-refractivity contribution is -0.144. The molecule has 0 saturated carbocycles. The normalized spacial score (nSPS) is 19.3. The molecule has 0 radical (unpaired) electrons. The molecule has 16 heavy (non-hydrogen) atoms. The Bertz CT molecular complexity index is 400. The number of carboxylic acids is 1. The van der Waals surface area contributed by atoms with Crippen molar-refractivity contribution < 1.29 is 9.90 Å². The molecule has 0 aliphatic carbocycles. The monoisotopic (exact) mass is 300 g/mol. The van der Waals surface area contributed by atoms with E-state index in [0.717, 1.165) is 34.4 Å². The summed E-state index contributed by atoms with van der Waals surface area (Å²) in [5.74, 6) is 1.17. The van der Waals surface area contributed by atoms with E-state index in [1.165, 1.54) is 0 Å². The van der Waals surface area contributed by atoms with Crippen molar-refractivity contribution in [2.24, 2.45) is 0 Å². The molecule has 1 aromatic rings. The Morgan fingerprint density at radius 1 is 1.38 bits per heavy atom. The van der Waals surface area contributed by atoms with Crippen LogP contribution < -0.4 is 0 Å². The molecule has 0 atom stereocenters. The van der Waals surface area contributed by atoms with Gasteiger partial charge in [-0.3, -0.25) is 4.79 Å². The summed E-state index contributed by atoms with van der Waals surface area (Å²) in [6.07, 6.45) is 1.45. The third-order valence-electron chi connectivity index (χ3n) is 3.13. The van der Waals surface area contributed by atoms with Gasteiger partial charge in [0.1, 0.15) is 0 Å². The summed E-state index contributed by atoms with van der Waals surface area (Å²) in [5, 5.41) is 9.51. The summed E-state index contributed by atoms with van der Waals surface area (Å²) < 4.78 is 0.948. The van der Waals surface area contributed by atoms with E-state index in [1.54, 1.807) is 0 Å². The molecule has 86 valence electrons. The molecule has 0 aromatic heterocycles. The van der Waals surface area contributed by atoms with Crippen LogP contribution in [0.25, 0.3) is 0 Å². The van der Waals surface area contributed by atoms with Crippen molar-refractivity contribution in [2.75, 3.05) is 11.5 Å². The molecule has 1 heterocycles. The third kappa shape index (κ3) is 2.13. The number of benzene rings is 1. The van der Waals surface area contributed by atoms with Gasteiger partial charge in [-0.2, -0.15) is 11.8 Å². The standard InChI is InChI=1S/C12H13BrO2S/c13-10-3-1-2-9(8-10)12(11(14)15)4-6-16-7-5-12/h1-3,8H,4-7H2,(H,14,15). The van der Waals surface area contributed by atoms with Gasteiger partial charge >= 0.3 is 5.97 Å². The molecule has 1 fully saturated rings. The number of hydrogen-bond acceptors (Lipinski definition) is 2. The molecule has 4 heteroatoms. The minimum absolute atomic E-state index is 0.672. The Hall–Kier alpha value is -0.480. The Kier molecular flexibility index (Phi) is 3.60. The third-order valence-corrected chi connectivity index (χ3v) is 4.61. The molecule has 2 rings (SSSR count). The lowest BCUT2D eigenvalue weighted by Gasteiger charge is -2.33. The Morgan fingerprint density at radius 3 is 2.62 bits per heavy atom. The smallest absolute Gasteiger partial charge is 0.314 e. The number of carboxylic acid groups (broad SMARTS) is 1. The van der Waals surface area contributed by atoms with E-state index in [2.05, 4.69) is 15.9 Å². The maximum absolute atomic E-state index is 11.6. The van der Waals surface area contributed by atoms with Crippen LogP contribution in [0.2, 0.25) is 0 Å². The molecule has 0 amide bonds. The van der Waals surface area contributed by atoms with E-state index in [9.17, 15) is 9.90 Å². The molecule has 1 aromatic carbocycles. The maximum Gasteiger partial charge on any atom is 0.314 e. The average Bonchev–Trinajstić information content (AvgIpc) is 2.30. The van der Waals surface area contributed by atoms with Crippen LogP contribution in [0, 0.1) is 0 Å². The Labute approximate surface area is 108 Å². The van der Waals surface area contributed by atoms with Crippen molar-refractivity contribution in [2.45, 2.75) is 18.3 Å². The number of aliphatic carboxylic acids is 1. The Balaban J connectivity index is 2.42. The van der Waals surface area contributed by atoms with E-state index >= 15 is 0 Å². The molecular weight excluding hydrogens is 288 g/mol. The van der Waals surface area contributed by atoms with Gasteiger partial charge in [-0.15, -0.1) is 0 Å². The fourth-order valence-electron chi connectivity index (χ4n) is 2.13. The molecule has 0 bridgehead atoms. The van der Waals surface area contributed by atoms with Crippen molar-refractivity contribution in [1.82, 2.24) is 0 Å². The zero-order valence-electron chi connectivity index (χ0n) is 8.78. The van der Waals surface area contributed by atoms with Crippen molar-refractivity contribution in [3.63, 3.8) is 0 Å². The number of rotatable bonds is 2. The average molecular weight is 301 g/mol. The van der Waals surface area contributed by atoms with Crippen LogP contribution in [0.15, 0.2) is 28.7 Å². The second-order valence-electron chi connectivity index (χ2n) is 4.01. The van der Waals surface area contributed by atoms with Crippen molar-refractivity contribution in [3.8, 4) is 0 Å². The summed E-state index contributed by atoms with van der Waals surface area (Å²) >= 11 is 5.24. The molecule has 0 unspecified atom stereocenters. The highest BCUT2D eigenvalue weighted by Crippen LogP contribution is 2.39. The topological polar surface area (TPSA) is 37.3 Å². The zero-order valence-corrected chi connectivity index (χ0v) is 11.2. The van der Waals surface area contributed by atoms with Crippen molar-refractivity contribution >= 4 is 33.7 Å². The highest BCUT2D eigenvalue weighted by Gasteiger charge is 2.41. The first kappa shape index (κ1) is 12.0. The van der Waals surface area contributed by atoms with Crippen molar-refractivity contribution in [1.29, 1.82) is 0 Å². The Morgan fingerprint density at radius 2 is 2.06 bits per heavy atom. The van der Waals surface area contributed by atoms with Gasteiger partial charge in [-0.25, -0.2) is 0 Å². The number of halogens is 1. The van der Waals surface area contributed by atoms with Gasteiger partial charge in [0, 0.05) is 4.47 Å². The predicted octanol–water partition coefficient (Wildman–Crippen LogP) is 3.30. The summed E-state index contributed by atoms with van der Waals surface area (Å²) in [6.45, 7) is 0. The molecular formula is C12H13BrO2S. The predicted molar refractivity (Wildman–Crippen MR) is 70.0 cm³/mol. The molecule has 1 N–H and O–H groups in total. The first-order valence-electron chi connectivity index (χ1n) is 5.22. The van der Waals surface area contributed by atoms with Gasteiger partial charge in [-0.05, 0) is 42.0 Å². The van der Waals surface area contributed by atoms with E-state index in [1.807, 2.05) is 36.0 Å². The first-order valence-corrected chi connectivity index (χ1v) is 7.17. The second-order valence-corrected chi connectivity index (χ2v) is 6.15. The van der Waals surface area contributed by atoms with Crippen LogP contribution in [-0.2, 0) is 10.2 Å². The fraction of sp³-hybridized carbons (Fsp3) is 0.417. The summed E-state index contributed by atoms with van der Waals surface area (Å²) in [6, 6.07) is 7.70. The molecule has 0 spiro atoms. The van der Waals surface area contributed by atoms with Crippen LogP contribution in [0.4, 0.5) is 0 Å². The number of carbonyl (C=O) groups is 1. The molecule has 1 aliphatic heterocycles. The summed E-state index contributed by atoms with van der Waals surface area (Å²) in [7, 11) is 0. The van der Waals surface area contributed by atoms with Gasteiger partial charge < -0.3 is 5.11 Å². The summed E-state index contributed by atoms with van der Waals surface area (Å²) in [4.78, 5) is 11.6. The van der Waals surface area contributed by atoms with Crippen LogP contribution in [-0.4, -0.2) is 22.6 Å². The quantitative estimate of drug-likeness (QED) is 0.910. The number of hydrogen-bond donors (Lipinski definition) is 1. The second kappa shape index (κ2) is 4.80. The summed E-state index contributed by atoms with van der Waals surface area (Å²) in [5.41, 5.74) is 0.254. The van der Waals surface area contributed by atoms with E-state index in [-0.39, 0.29) is 0 Å². The molecule has 2 nitrogen and oxygen atoms in total. The zero-order chi connectivity index (χ0) is 11.6. The van der Waals surface area contributed by atoms with Gasteiger partial charge in [-0.1, -0.05) is 28.1 Å². The molecule has 1 aliphatic rings. The van der Waals surface area contributed by atoms with Crippen LogP contribution in [0.3, 0.4) is 0 Å². The lowest BCUT2D eigenvalue weighted by atomic mass is 9.75. The van der Waals surface area contributed by atoms with E-state index < -0.39 is 11.4 Å². The number of thioether (sulfide) groups is 1. The lowest BCUT2D eigenvalue weighted by Crippen LogP contribution is -2.39. The van der Waals surface area contributed by atoms with Gasteiger partial charge in [0.25, 0.3) is 0 Å². The van der Waals surface area contributed by atoms with Crippen LogP contribution in [0.5, 0.6) is 0 Å². The minimum atomic E-state index is -0.689. The molecule has 1 saturated heterocycles.